The van der Waals surface area contributed by atoms with Crippen LogP contribution in [0.25, 0.3) is 0 Å². The zero-order valence-corrected chi connectivity index (χ0v) is 15.2. The number of rotatable bonds is 6. The molecular weight excluding hydrogens is 326 g/mol. The summed E-state index contributed by atoms with van der Waals surface area (Å²) in [6.45, 7) is 6.86. The van der Waals surface area contributed by atoms with Crippen molar-refractivity contribution in [3.63, 3.8) is 0 Å². The molecule has 0 atom stereocenters. The molecule has 0 aliphatic carbocycles. The van der Waals surface area contributed by atoms with E-state index in [0.717, 1.165) is 11.1 Å². The fourth-order valence-corrected chi connectivity index (χ4v) is 2.72. The van der Waals surface area contributed by atoms with E-state index in [9.17, 15) is 4.79 Å². The van der Waals surface area contributed by atoms with Crippen molar-refractivity contribution in [2.24, 2.45) is 0 Å². The van der Waals surface area contributed by atoms with Crippen LogP contribution >= 0.6 is 11.6 Å². The number of methoxy groups -OCH3 is 1. The molecule has 2 rings (SSSR count). The average molecular weight is 348 g/mol. The molecule has 2 aromatic carbocycles. The van der Waals surface area contributed by atoms with Gasteiger partial charge in [0, 0.05) is 12.1 Å². The normalized spacial score (nSPS) is 10.4. The van der Waals surface area contributed by atoms with E-state index in [-0.39, 0.29) is 5.91 Å². The highest BCUT2D eigenvalue weighted by Crippen LogP contribution is 2.36. The fourth-order valence-electron chi connectivity index (χ4n) is 2.46. The van der Waals surface area contributed by atoms with E-state index in [4.69, 9.17) is 21.1 Å². The van der Waals surface area contributed by atoms with Gasteiger partial charge in [-0.1, -0.05) is 35.4 Å². The molecular formula is C19H22ClNO3. The highest BCUT2D eigenvalue weighted by molar-refractivity contribution is 6.32. The fraction of sp³-hybridized carbons (Fsp3) is 0.316. The Morgan fingerprint density at radius 1 is 1.21 bits per heavy atom. The Kier molecular flexibility index (Phi) is 6.10. The van der Waals surface area contributed by atoms with Crippen LogP contribution in [0.2, 0.25) is 5.02 Å². The van der Waals surface area contributed by atoms with Crippen molar-refractivity contribution >= 4 is 17.5 Å². The van der Waals surface area contributed by atoms with Gasteiger partial charge in [0.1, 0.15) is 0 Å². The second-order valence-corrected chi connectivity index (χ2v) is 5.94. The van der Waals surface area contributed by atoms with Gasteiger partial charge in [-0.2, -0.15) is 0 Å². The van der Waals surface area contributed by atoms with Gasteiger partial charge >= 0.3 is 0 Å². The molecule has 128 valence electrons. The van der Waals surface area contributed by atoms with Crippen LogP contribution in [-0.4, -0.2) is 19.6 Å². The molecule has 1 N–H and O–H groups in total. The number of nitrogens with one attached hydrogen (secondary N) is 1. The average Bonchev–Trinajstić information content (AvgIpc) is 2.55. The molecule has 0 saturated carbocycles. The number of ether oxygens (including phenoxy) is 2. The van der Waals surface area contributed by atoms with Gasteiger partial charge in [-0.05, 0) is 44.0 Å². The summed E-state index contributed by atoms with van der Waals surface area (Å²) in [6.07, 6.45) is 0. The lowest BCUT2D eigenvalue weighted by atomic mass is 10.1. The smallest absolute Gasteiger partial charge is 0.251 e. The SMILES string of the molecule is CCOc1c(Cl)cc(C(=O)NCc2ccc(C)cc2C)cc1OC. The van der Waals surface area contributed by atoms with Gasteiger partial charge in [-0.15, -0.1) is 0 Å². The van der Waals surface area contributed by atoms with E-state index in [1.54, 1.807) is 12.1 Å². The van der Waals surface area contributed by atoms with Gasteiger partial charge in [0.15, 0.2) is 11.5 Å². The number of amides is 1. The molecule has 0 fully saturated rings. The van der Waals surface area contributed by atoms with Crippen LogP contribution in [-0.2, 0) is 6.54 Å². The molecule has 0 aliphatic heterocycles. The van der Waals surface area contributed by atoms with Crippen LogP contribution in [0, 0.1) is 13.8 Å². The zero-order chi connectivity index (χ0) is 17.7. The molecule has 0 saturated heterocycles. The van der Waals surface area contributed by atoms with E-state index in [1.807, 2.05) is 32.9 Å². The van der Waals surface area contributed by atoms with E-state index in [1.165, 1.54) is 12.7 Å². The summed E-state index contributed by atoms with van der Waals surface area (Å²) >= 11 is 6.21. The number of carbonyl (C=O) groups is 1. The Morgan fingerprint density at radius 3 is 2.58 bits per heavy atom. The molecule has 0 bridgehead atoms. The molecule has 4 nitrogen and oxygen atoms in total. The zero-order valence-electron chi connectivity index (χ0n) is 14.4. The summed E-state index contributed by atoms with van der Waals surface area (Å²) in [7, 11) is 1.52. The summed E-state index contributed by atoms with van der Waals surface area (Å²) in [6, 6.07) is 9.38. The molecule has 0 aromatic heterocycles. The van der Waals surface area contributed by atoms with Crippen LogP contribution in [0.1, 0.15) is 34.0 Å². The van der Waals surface area contributed by atoms with Crippen LogP contribution in [0.5, 0.6) is 11.5 Å². The predicted molar refractivity (Wildman–Crippen MR) is 96.3 cm³/mol. The van der Waals surface area contributed by atoms with E-state index >= 15 is 0 Å². The molecule has 2 aromatic rings. The minimum Gasteiger partial charge on any atom is -0.493 e. The Labute approximate surface area is 147 Å². The van der Waals surface area contributed by atoms with Gasteiger partial charge in [-0.25, -0.2) is 0 Å². The van der Waals surface area contributed by atoms with E-state index in [0.29, 0.717) is 35.2 Å². The third kappa shape index (κ3) is 4.20. The lowest BCUT2D eigenvalue weighted by molar-refractivity contribution is 0.0950. The first-order valence-corrected chi connectivity index (χ1v) is 8.18. The van der Waals surface area contributed by atoms with Gasteiger partial charge in [0.25, 0.3) is 5.91 Å². The molecule has 5 heteroatoms. The number of halogens is 1. The molecule has 0 unspecified atom stereocenters. The molecule has 24 heavy (non-hydrogen) atoms. The second-order valence-electron chi connectivity index (χ2n) is 5.54. The first-order chi connectivity index (χ1) is 11.5. The highest BCUT2D eigenvalue weighted by atomic mass is 35.5. The van der Waals surface area contributed by atoms with Crippen molar-refractivity contribution in [3.8, 4) is 11.5 Å². The summed E-state index contributed by atoms with van der Waals surface area (Å²) < 4.78 is 10.7. The molecule has 0 radical (unpaired) electrons. The largest absolute Gasteiger partial charge is 0.493 e. The number of benzene rings is 2. The van der Waals surface area contributed by atoms with Crippen molar-refractivity contribution in [2.75, 3.05) is 13.7 Å². The topological polar surface area (TPSA) is 47.6 Å². The Balaban J connectivity index is 2.16. The Morgan fingerprint density at radius 2 is 1.96 bits per heavy atom. The van der Waals surface area contributed by atoms with Crippen LogP contribution < -0.4 is 14.8 Å². The first-order valence-electron chi connectivity index (χ1n) is 7.81. The summed E-state index contributed by atoms with van der Waals surface area (Å²) in [5.74, 6) is 0.687. The number of hydrogen-bond donors (Lipinski definition) is 1. The highest BCUT2D eigenvalue weighted by Gasteiger charge is 2.15. The Bertz CT molecular complexity index is 744. The lowest BCUT2D eigenvalue weighted by Gasteiger charge is -2.13. The standard InChI is InChI=1S/C19H22ClNO3/c1-5-24-18-16(20)9-15(10-17(18)23-4)19(22)21-11-14-7-6-12(2)8-13(14)3/h6-10H,5,11H2,1-4H3,(H,21,22). The van der Waals surface area contributed by atoms with E-state index in [2.05, 4.69) is 11.4 Å². The third-order valence-electron chi connectivity index (χ3n) is 3.72. The first kappa shape index (κ1) is 18.1. The molecule has 0 aliphatic rings. The van der Waals surface area contributed by atoms with Gasteiger partial charge < -0.3 is 14.8 Å². The number of carbonyl (C=O) groups excluding carboxylic acids is 1. The van der Waals surface area contributed by atoms with Crippen molar-refractivity contribution < 1.29 is 14.3 Å². The quantitative estimate of drug-likeness (QED) is 0.847. The second kappa shape index (κ2) is 8.06. The maximum Gasteiger partial charge on any atom is 0.251 e. The summed E-state index contributed by atoms with van der Waals surface area (Å²) in [5, 5.41) is 3.27. The van der Waals surface area contributed by atoms with Gasteiger partial charge in [-0.3, -0.25) is 4.79 Å². The molecule has 0 spiro atoms. The van der Waals surface area contributed by atoms with Crippen molar-refractivity contribution in [2.45, 2.75) is 27.3 Å². The number of aryl methyl sites for hydroxylation is 2. The van der Waals surface area contributed by atoms with Crippen molar-refractivity contribution in [1.29, 1.82) is 0 Å². The minimum absolute atomic E-state index is 0.210. The Hall–Kier alpha value is -2.20. The maximum absolute atomic E-state index is 12.4. The van der Waals surface area contributed by atoms with Crippen molar-refractivity contribution in [1.82, 2.24) is 5.32 Å². The summed E-state index contributed by atoms with van der Waals surface area (Å²) in [5.41, 5.74) is 3.87. The van der Waals surface area contributed by atoms with Crippen LogP contribution in [0.3, 0.4) is 0 Å². The monoisotopic (exact) mass is 347 g/mol. The third-order valence-corrected chi connectivity index (χ3v) is 4.00. The van der Waals surface area contributed by atoms with Gasteiger partial charge in [0.05, 0.1) is 18.7 Å². The van der Waals surface area contributed by atoms with Crippen LogP contribution in [0.15, 0.2) is 30.3 Å². The molecule has 0 heterocycles. The van der Waals surface area contributed by atoms with Gasteiger partial charge in [0.2, 0.25) is 0 Å². The summed E-state index contributed by atoms with van der Waals surface area (Å²) in [4.78, 5) is 12.4. The number of hydrogen-bond acceptors (Lipinski definition) is 3. The predicted octanol–water partition coefficient (Wildman–Crippen LogP) is 4.29. The molecule has 1 amide bonds. The lowest BCUT2D eigenvalue weighted by Crippen LogP contribution is -2.23. The van der Waals surface area contributed by atoms with Crippen LogP contribution in [0.4, 0.5) is 0 Å². The minimum atomic E-state index is -0.210. The van der Waals surface area contributed by atoms with Crippen molar-refractivity contribution in [3.05, 3.63) is 57.6 Å². The van der Waals surface area contributed by atoms with E-state index < -0.39 is 0 Å². The maximum atomic E-state index is 12.4.